The standard InChI is InChI=1S/C20H22O3/c1-3-22-16(2)23-20-13-10-17(11-14-20)9-12-19(21)15-18-7-5-4-6-8-18/h4-16,21H,3H2,1-2H3. The maximum absolute atomic E-state index is 9.93. The third-order valence-electron chi connectivity index (χ3n) is 3.14. The highest BCUT2D eigenvalue weighted by molar-refractivity contribution is 5.59. The predicted octanol–water partition coefficient (Wildman–Crippen LogP) is 5.06. The lowest BCUT2D eigenvalue weighted by atomic mass is 10.1. The van der Waals surface area contributed by atoms with E-state index < -0.39 is 0 Å². The van der Waals surface area contributed by atoms with Gasteiger partial charge >= 0.3 is 0 Å². The molecular formula is C20H22O3. The van der Waals surface area contributed by atoms with Gasteiger partial charge in [0.15, 0.2) is 6.29 Å². The number of rotatable bonds is 7. The number of aliphatic hydroxyl groups excluding tert-OH is 1. The first-order valence-electron chi connectivity index (χ1n) is 7.69. The Kier molecular flexibility index (Phi) is 6.45. The largest absolute Gasteiger partial charge is 0.508 e. The minimum Gasteiger partial charge on any atom is -0.508 e. The summed E-state index contributed by atoms with van der Waals surface area (Å²) < 4.78 is 10.9. The molecule has 2 aromatic rings. The summed E-state index contributed by atoms with van der Waals surface area (Å²) in [5, 5.41) is 9.93. The van der Waals surface area contributed by atoms with E-state index in [0.717, 1.165) is 16.9 Å². The molecular weight excluding hydrogens is 288 g/mol. The van der Waals surface area contributed by atoms with Crippen LogP contribution in [0.3, 0.4) is 0 Å². The molecule has 0 aromatic heterocycles. The minimum atomic E-state index is -0.265. The van der Waals surface area contributed by atoms with Crippen LogP contribution in [0.4, 0.5) is 0 Å². The Bertz CT molecular complexity index is 642. The van der Waals surface area contributed by atoms with Crippen LogP contribution in [0, 0.1) is 0 Å². The minimum absolute atomic E-state index is 0.210. The fourth-order valence-corrected chi connectivity index (χ4v) is 2.07. The second-order valence-electron chi connectivity index (χ2n) is 5.02. The van der Waals surface area contributed by atoms with Gasteiger partial charge in [-0.15, -0.1) is 0 Å². The van der Waals surface area contributed by atoms with E-state index in [-0.39, 0.29) is 12.0 Å². The molecule has 120 valence electrons. The third-order valence-corrected chi connectivity index (χ3v) is 3.14. The molecule has 0 aliphatic rings. The Labute approximate surface area is 137 Å². The van der Waals surface area contributed by atoms with Gasteiger partial charge in [-0.25, -0.2) is 0 Å². The smallest absolute Gasteiger partial charge is 0.196 e. The van der Waals surface area contributed by atoms with Crippen molar-refractivity contribution in [2.24, 2.45) is 0 Å². The Balaban J connectivity index is 1.96. The number of hydrogen-bond acceptors (Lipinski definition) is 3. The van der Waals surface area contributed by atoms with Gasteiger partial charge in [0.2, 0.25) is 0 Å². The zero-order chi connectivity index (χ0) is 16.5. The van der Waals surface area contributed by atoms with Crippen molar-refractivity contribution in [3.8, 4) is 5.75 Å². The van der Waals surface area contributed by atoms with Crippen LogP contribution in [-0.4, -0.2) is 18.0 Å². The van der Waals surface area contributed by atoms with Crippen LogP contribution in [0.5, 0.6) is 5.75 Å². The molecule has 0 spiro atoms. The van der Waals surface area contributed by atoms with Crippen LogP contribution < -0.4 is 4.74 Å². The highest BCUT2D eigenvalue weighted by atomic mass is 16.7. The van der Waals surface area contributed by atoms with Crippen molar-refractivity contribution in [1.82, 2.24) is 0 Å². The number of allylic oxidation sites excluding steroid dienone is 1. The van der Waals surface area contributed by atoms with Gasteiger partial charge in [-0.3, -0.25) is 0 Å². The zero-order valence-electron chi connectivity index (χ0n) is 13.5. The van der Waals surface area contributed by atoms with E-state index in [1.54, 1.807) is 12.2 Å². The second-order valence-corrected chi connectivity index (χ2v) is 5.02. The van der Waals surface area contributed by atoms with Gasteiger partial charge in [0.05, 0.1) is 0 Å². The third kappa shape index (κ3) is 6.01. The summed E-state index contributed by atoms with van der Waals surface area (Å²) in [6.07, 6.45) is 4.98. The van der Waals surface area contributed by atoms with Crippen LogP contribution >= 0.6 is 0 Å². The summed E-state index contributed by atoms with van der Waals surface area (Å²) in [6.45, 7) is 4.42. The van der Waals surface area contributed by atoms with E-state index >= 15 is 0 Å². The molecule has 3 nitrogen and oxygen atoms in total. The molecule has 1 N–H and O–H groups in total. The monoisotopic (exact) mass is 310 g/mol. The van der Waals surface area contributed by atoms with Crippen LogP contribution in [0.25, 0.3) is 12.2 Å². The van der Waals surface area contributed by atoms with E-state index in [9.17, 15) is 5.11 Å². The number of benzene rings is 2. The lowest BCUT2D eigenvalue weighted by Crippen LogP contribution is -2.15. The number of aliphatic hydroxyl groups is 1. The van der Waals surface area contributed by atoms with Gasteiger partial charge < -0.3 is 14.6 Å². The molecule has 1 unspecified atom stereocenters. The molecule has 3 heteroatoms. The summed E-state index contributed by atoms with van der Waals surface area (Å²) in [5.74, 6) is 0.966. The van der Waals surface area contributed by atoms with Gasteiger partial charge in [-0.1, -0.05) is 48.5 Å². The lowest BCUT2D eigenvalue weighted by molar-refractivity contribution is -0.0613. The molecule has 2 rings (SSSR count). The maximum Gasteiger partial charge on any atom is 0.196 e. The summed E-state index contributed by atoms with van der Waals surface area (Å²) in [7, 11) is 0. The molecule has 0 bridgehead atoms. The SMILES string of the molecule is CCOC(C)Oc1ccc(C=CC(O)=Cc2ccccc2)cc1. The van der Waals surface area contributed by atoms with Crippen LogP contribution in [-0.2, 0) is 4.74 Å². The summed E-state index contributed by atoms with van der Waals surface area (Å²) in [5.41, 5.74) is 1.94. The normalized spacial score (nSPS) is 13.2. The van der Waals surface area contributed by atoms with E-state index in [2.05, 4.69) is 0 Å². The van der Waals surface area contributed by atoms with Gasteiger partial charge in [-0.05, 0) is 49.3 Å². The Hall–Kier alpha value is -2.52. The van der Waals surface area contributed by atoms with Crippen LogP contribution in [0.15, 0.2) is 66.4 Å². The molecule has 1 atom stereocenters. The topological polar surface area (TPSA) is 38.7 Å². The molecule has 0 amide bonds. The molecule has 0 aliphatic heterocycles. The van der Waals surface area contributed by atoms with Crippen molar-refractivity contribution < 1.29 is 14.6 Å². The molecule has 0 saturated heterocycles. The molecule has 0 saturated carbocycles. The molecule has 0 aliphatic carbocycles. The first kappa shape index (κ1) is 16.8. The average Bonchev–Trinajstić information content (AvgIpc) is 2.55. The van der Waals surface area contributed by atoms with Crippen molar-refractivity contribution in [3.63, 3.8) is 0 Å². The first-order valence-corrected chi connectivity index (χ1v) is 7.69. The Morgan fingerprint density at radius 2 is 1.74 bits per heavy atom. The number of ether oxygens (including phenoxy) is 2. The van der Waals surface area contributed by atoms with Crippen LogP contribution in [0.1, 0.15) is 25.0 Å². The van der Waals surface area contributed by atoms with Gasteiger partial charge in [0.25, 0.3) is 0 Å². The molecule has 2 aromatic carbocycles. The zero-order valence-corrected chi connectivity index (χ0v) is 13.5. The fourth-order valence-electron chi connectivity index (χ4n) is 2.07. The fraction of sp³-hybridized carbons (Fsp3) is 0.200. The Morgan fingerprint density at radius 3 is 2.39 bits per heavy atom. The first-order chi connectivity index (χ1) is 11.2. The van der Waals surface area contributed by atoms with Crippen LogP contribution in [0.2, 0.25) is 0 Å². The van der Waals surface area contributed by atoms with E-state index in [4.69, 9.17) is 9.47 Å². The van der Waals surface area contributed by atoms with Crippen molar-refractivity contribution in [3.05, 3.63) is 77.6 Å². The second kappa shape index (κ2) is 8.81. The van der Waals surface area contributed by atoms with E-state index in [1.165, 1.54) is 0 Å². The molecule has 23 heavy (non-hydrogen) atoms. The van der Waals surface area contributed by atoms with Gasteiger partial charge in [-0.2, -0.15) is 0 Å². The highest BCUT2D eigenvalue weighted by Crippen LogP contribution is 2.16. The van der Waals surface area contributed by atoms with E-state index in [1.807, 2.05) is 74.5 Å². The molecule has 0 heterocycles. The average molecular weight is 310 g/mol. The maximum atomic E-state index is 9.93. The summed E-state index contributed by atoms with van der Waals surface area (Å²) in [4.78, 5) is 0. The predicted molar refractivity (Wildman–Crippen MR) is 94.2 cm³/mol. The van der Waals surface area contributed by atoms with Crippen molar-refractivity contribution in [2.45, 2.75) is 20.1 Å². The Morgan fingerprint density at radius 1 is 1.04 bits per heavy atom. The summed E-state index contributed by atoms with van der Waals surface area (Å²) in [6, 6.07) is 17.3. The lowest BCUT2D eigenvalue weighted by Gasteiger charge is -2.14. The molecule has 0 fully saturated rings. The van der Waals surface area contributed by atoms with Gasteiger partial charge in [0, 0.05) is 6.61 Å². The van der Waals surface area contributed by atoms with Gasteiger partial charge in [0.1, 0.15) is 11.5 Å². The summed E-state index contributed by atoms with van der Waals surface area (Å²) >= 11 is 0. The quantitative estimate of drug-likeness (QED) is 0.441. The molecule has 0 radical (unpaired) electrons. The number of hydrogen-bond donors (Lipinski definition) is 1. The van der Waals surface area contributed by atoms with E-state index in [0.29, 0.717) is 6.61 Å². The van der Waals surface area contributed by atoms with Crippen molar-refractivity contribution in [1.29, 1.82) is 0 Å². The van der Waals surface area contributed by atoms with Crippen molar-refractivity contribution >= 4 is 12.2 Å². The highest BCUT2D eigenvalue weighted by Gasteiger charge is 2.01. The van der Waals surface area contributed by atoms with Crippen molar-refractivity contribution in [2.75, 3.05) is 6.61 Å².